The van der Waals surface area contributed by atoms with E-state index in [4.69, 9.17) is 0 Å². The Balaban J connectivity index is 2.26. The molecule has 1 fully saturated rings. The number of carbonyl (C=O) groups excluding carboxylic acids is 1. The van der Waals surface area contributed by atoms with Crippen molar-refractivity contribution in [3.05, 3.63) is 35.1 Å². The van der Waals surface area contributed by atoms with Crippen molar-refractivity contribution in [3.8, 4) is 0 Å². The van der Waals surface area contributed by atoms with E-state index in [0.717, 1.165) is 18.6 Å². The standard InChI is InChI=1S/C15H18F3NO/c1-9(2)7-15(4-3-13(20)19-15)8-10-5-11(16)14(18)12(17)6-10/h5-6,9H,3-4,7-8H2,1-2H3,(H,19,20). The lowest BCUT2D eigenvalue weighted by Gasteiger charge is -2.31. The minimum Gasteiger partial charge on any atom is -0.350 e. The van der Waals surface area contributed by atoms with Gasteiger partial charge in [-0.25, -0.2) is 13.2 Å². The Morgan fingerprint density at radius 2 is 1.85 bits per heavy atom. The molecule has 1 saturated heterocycles. The Hall–Kier alpha value is -1.52. The summed E-state index contributed by atoms with van der Waals surface area (Å²) >= 11 is 0. The molecule has 0 spiro atoms. The Bertz CT molecular complexity index is 507. The van der Waals surface area contributed by atoms with E-state index >= 15 is 0 Å². The molecule has 1 heterocycles. The molecule has 1 unspecified atom stereocenters. The van der Waals surface area contributed by atoms with E-state index in [-0.39, 0.29) is 5.91 Å². The van der Waals surface area contributed by atoms with Crippen LogP contribution in [0.3, 0.4) is 0 Å². The summed E-state index contributed by atoms with van der Waals surface area (Å²) in [4.78, 5) is 11.5. The lowest BCUT2D eigenvalue weighted by Crippen LogP contribution is -2.44. The maximum atomic E-state index is 13.3. The molecule has 20 heavy (non-hydrogen) atoms. The third-order valence-electron chi connectivity index (χ3n) is 3.62. The first-order valence-electron chi connectivity index (χ1n) is 6.76. The number of amides is 1. The van der Waals surface area contributed by atoms with E-state index in [1.807, 2.05) is 13.8 Å². The molecule has 1 N–H and O–H groups in total. The van der Waals surface area contributed by atoms with Crippen molar-refractivity contribution < 1.29 is 18.0 Å². The number of hydrogen-bond acceptors (Lipinski definition) is 1. The first-order valence-corrected chi connectivity index (χ1v) is 6.76. The van der Waals surface area contributed by atoms with Crippen LogP contribution in [0.5, 0.6) is 0 Å². The molecule has 2 rings (SSSR count). The second kappa shape index (κ2) is 5.46. The summed E-state index contributed by atoms with van der Waals surface area (Å²) in [6, 6.07) is 2.01. The van der Waals surface area contributed by atoms with Gasteiger partial charge in [-0.3, -0.25) is 4.79 Å². The molecule has 1 aromatic carbocycles. The third-order valence-corrected chi connectivity index (χ3v) is 3.62. The van der Waals surface area contributed by atoms with Crippen LogP contribution < -0.4 is 5.32 Å². The number of carbonyl (C=O) groups is 1. The van der Waals surface area contributed by atoms with Crippen molar-refractivity contribution in [3.63, 3.8) is 0 Å². The number of rotatable bonds is 4. The molecule has 1 aromatic rings. The van der Waals surface area contributed by atoms with Gasteiger partial charge < -0.3 is 5.32 Å². The molecule has 0 aromatic heterocycles. The maximum Gasteiger partial charge on any atom is 0.220 e. The molecule has 1 aliphatic heterocycles. The topological polar surface area (TPSA) is 29.1 Å². The van der Waals surface area contributed by atoms with Crippen molar-refractivity contribution in [1.82, 2.24) is 5.32 Å². The molecule has 5 heteroatoms. The summed E-state index contributed by atoms with van der Waals surface area (Å²) in [6.07, 6.45) is 2.08. The number of nitrogens with one attached hydrogen (secondary N) is 1. The SMILES string of the molecule is CC(C)CC1(Cc2cc(F)c(F)c(F)c2)CCC(=O)N1. The van der Waals surface area contributed by atoms with Crippen LogP contribution in [-0.4, -0.2) is 11.4 Å². The Labute approximate surface area is 116 Å². The maximum absolute atomic E-state index is 13.3. The van der Waals surface area contributed by atoms with Crippen LogP contribution in [0.1, 0.15) is 38.7 Å². The molecule has 1 amide bonds. The predicted molar refractivity (Wildman–Crippen MR) is 69.6 cm³/mol. The molecule has 0 saturated carbocycles. The Morgan fingerprint density at radius 3 is 2.30 bits per heavy atom. The van der Waals surface area contributed by atoms with Gasteiger partial charge in [-0.2, -0.15) is 0 Å². The second-order valence-corrected chi connectivity index (χ2v) is 5.98. The number of benzene rings is 1. The van der Waals surface area contributed by atoms with Gasteiger partial charge in [-0.05, 0) is 42.9 Å². The zero-order valence-electron chi connectivity index (χ0n) is 11.6. The van der Waals surface area contributed by atoms with E-state index in [0.29, 0.717) is 30.7 Å². The summed E-state index contributed by atoms with van der Waals surface area (Å²) < 4.78 is 39.5. The molecular formula is C15H18F3NO. The van der Waals surface area contributed by atoms with E-state index in [9.17, 15) is 18.0 Å². The Morgan fingerprint density at radius 1 is 1.25 bits per heavy atom. The van der Waals surface area contributed by atoms with Gasteiger partial charge in [0.05, 0.1) is 0 Å². The smallest absolute Gasteiger partial charge is 0.220 e. The van der Waals surface area contributed by atoms with Gasteiger partial charge in [-0.1, -0.05) is 13.8 Å². The molecule has 110 valence electrons. The average Bonchev–Trinajstić information content (AvgIpc) is 2.66. The van der Waals surface area contributed by atoms with Crippen LogP contribution in [0.15, 0.2) is 12.1 Å². The predicted octanol–water partition coefficient (Wildman–Crippen LogP) is 3.34. The number of halogens is 3. The minimum atomic E-state index is -1.46. The first kappa shape index (κ1) is 14.9. The number of hydrogen-bond donors (Lipinski definition) is 1. The van der Waals surface area contributed by atoms with Crippen LogP contribution in [0.4, 0.5) is 13.2 Å². The summed E-state index contributed by atoms with van der Waals surface area (Å²) in [6.45, 7) is 4.05. The van der Waals surface area contributed by atoms with E-state index in [2.05, 4.69) is 5.32 Å². The normalized spacial score (nSPS) is 22.4. The van der Waals surface area contributed by atoms with Crippen LogP contribution in [-0.2, 0) is 11.2 Å². The lowest BCUT2D eigenvalue weighted by molar-refractivity contribution is -0.119. The van der Waals surface area contributed by atoms with E-state index < -0.39 is 23.0 Å². The van der Waals surface area contributed by atoms with Gasteiger partial charge in [-0.15, -0.1) is 0 Å². The van der Waals surface area contributed by atoms with Crippen molar-refractivity contribution in [2.75, 3.05) is 0 Å². The van der Waals surface area contributed by atoms with Gasteiger partial charge in [0, 0.05) is 12.0 Å². The largest absolute Gasteiger partial charge is 0.350 e. The average molecular weight is 285 g/mol. The van der Waals surface area contributed by atoms with Gasteiger partial charge in [0.2, 0.25) is 5.91 Å². The van der Waals surface area contributed by atoms with Crippen molar-refractivity contribution in [2.45, 2.75) is 45.1 Å². The highest BCUT2D eigenvalue weighted by molar-refractivity contribution is 5.79. The fraction of sp³-hybridized carbons (Fsp3) is 0.533. The van der Waals surface area contributed by atoms with Gasteiger partial charge in [0.25, 0.3) is 0 Å². The molecule has 1 aliphatic rings. The summed E-state index contributed by atoms with van der Waals surface area (Å²) in [5.41, 5.74) is -0.119. The quantitative estimate of drug-likeness (QED) is 0.845. The fourth-order valence-electron chi connectivity index (χ4n) is 3.01. The molecule has 0 bridgehead atoms. The van der Waals surface area contributed by atoms with Gasteiger partial charge in [0.15, 0.2) is 17.5 Å². The molecule has 1 atom stereocenters. The third kappa shape index (κ3) is 3.14. The monoisotopic (exact) mass is 285 g/mol. The van der Waals surface area contributed by atoms with Crippen molar-refractivity contribution >= 4 is 5.91 Å². The highest BCUT2D eigenvalue weighted by Gasteiger charge is 2.38. The lowest BCUT2D eigenvalue weighted by atomic mass is 9.82. The van der Waals surface area contributed by atoms with E-state index in [1.54, 1.807) is 0 Å². The van der Waals surface area contributed by atoms with Crippen molar-refractivity contribution in [2.24, 2.45) is 5.92 Å². The molecule has 0 aliphatic carbocycles. The van der Waals surface area contributed by atoms with Gasteiger partial charge in [0.1, 0.15) is 0 Å². The van der Waals surface area contributed by atoms with Crippen LogP contribution in [0.2, 0.25) is 0 Å². The van der Waals surface area contributed by atoms with Crippen LogP contribution >= 0.6 is 0 Å². The first-order chi connectivity index (χ1) is 9.31. The minimum absolute atomic E-state index is 0.0475. The molecule has 2 nitrogen and oxygen atoms in total. The second-order valence-electron chi connectivity index (χ2n) is 5.98. The fourth-order valence-corrected chi connectivity index (χ4v) is 3.01. The van der Waals surface area contributed by atoms with Gasteiger partial charge >= 0.3 is 0 Å². The highest BCUT2D eigenvalue weighted by atomic mass is 19.2. The van der Waals surface area contributed by atoms with E-state index in [1.165, 1.54) is 0 Å². The Kier molecular flexibility index (Phi) is 4.06. The molecule has 0 radical (unpaired) electrons. The zero-order chi connectivity index (χ0) is 14.9. The van der Waals surface area contributed by atoms with Crippen molar-refractivity contribution in [1.29, 1.82) is 0 Å². The molecular weight excluding hydrogens is 267 g/mol. The summed E-state index contributed by atoms with van der Waals surface area (Å²) in [7, 11) is 0. The summed E-state index contributed by atoms with van der Waals surface area (Å²) in [5, 5.41) is 2.92. The highest BCUT2D eigenvalue weighted by Crippen LogP contribution is 2.31. The zero-order valence-corrected chi connectivity index (χ0v) is 11.6. The summed E-state index contributed by atoms with van der Waals surface area (Å²) in [5.74, 6) is -3.55. The van der Waals surface area contributed by atoms with Crippen LogP contribution in [0, 0.1) is 23.4 Å². The van der Waals surface area contributed by atoms with Crippen LogP contribution in [0.25, 0.3) is 0 Å².